The Morgan fingerprint density at radius 3 is 2.30 bits per heavy atom. The van der Waals surface area contributed by atoms with Gasteiger partial charge in [0.2, 0.25) is 11.8 Å². The smallest absolute Gasteiger partial charge is 0.321 e. The van der Waals surface area contributed by atoms with E-state index in [1.807, 2.05) is 0 Å². The predicted octanol–water partition coefficient (Wildman–Crippen LogP) is 4.60. The van der Waals surface area contributed by atoms with Crippen LogP contribution < -0.4 is 25.8 Å². The largest absolute Gasteiger partial charge is 0.493 e. The van der Waals surface area contributed by atoms with Gasteiger partial charge >= 0.3 is 6.03 Å². The number of benzene rings is 3. The highest BCUT2D eigenvalue weighted by atomic mass is 32.2. The van der Waals surface area contributed by atoms with Gasteiger partial charge in [0, 0.05) is 37.6 Å². The fourth-order valence-corrected chi connectivity index (χ4v) is 6.69. The third-order valence-electron chi connectivity index (χ3n) is 7.94. The maximum Gasteiger partial charge on any atom is 0.321 e. The number of ether oxygens (including phenoxy) is 2. The molecule has 46 heavy (non-hydrogen) atoms. The monoisotopic (exact) mass is 651 g/mol. The number of hydrogen-bond donors (Lipinski definition) is 3. The SMILES string of the molecule is COc1ccc([C@@H](Nc2cccc(C(N)=O)c2)C(=O)N2CCCC2c2cc(NC(=O)N(C)C)ccc2S(=O)(=O)C(C)C)cc1OC. The fourth-order valence-electron chi connectivity index (χ4n) is 5.40. The highest BCUT2D eigenvalue weighted by Gasteiger charge is 2.38. The second-order valence-corrected chi connectivity index (χ2v) is 14.0. The Morgan fingerprint density at radius 1 is 0.957 bits per heavy atom. The minimum absolute atomic E-state index is 0.111. The number of carbonyl (C=O) groups excluding carboxylic acids is 3. The number of amides is 4. The number of likely N-dealkylation sites (tertiary alicyclic amines) is 1. The topological polar surface area (TPSA) is 160 Å². The second kappa shape index (κ2) is 14.1. The number of urea groups is 1. The Hall–Kier alpha value is -4.78. The molecular formula is C33H41N5O7S. The summed E-state index contributed by atoms with van der Waals surface area (Å²) in [5.74, 6) is -0.0438. The van der Waals surface area contributed by atoms with Crippen molar-refractivity contribution in [2.45, 2.75) is 48.9 Å². The number of nitrogens with one attached hydrogen (secondary N) is 2. The molecule has 4 amide bonds. The van der Waals surface area contributed by atoms with Gasteiger partial charge in [-0.3, -0.25) is 9.59 Å². The zero-order chi connectivity index (χ0) is 33.8. The van der Waals surface area contributed by atoms with Gasteiger partial charge in [0.05, 0.1) is 30.4 Å². The number of anilines is 2. The van der Waals surface area contributed by atoms with E-state index in [9.17, 15) is 22.8 Å². The Morgan fingerprint density at radius 2 is 1.67 bits per heavy atom. The first-order valence-corrected chi connectivity index (χ1v) is 16.4. The van der Waals surface area contributed by atoms with Crippen LogP contribution in [0, 0.1) is 0 Å². The van der Waals surface area contributed by atoms with E-state index < -0.39 is 33.1 Å². The second-order valence-electron chi connectivity index (χ2n) is 11.5. The van der Waals surface area contributed by atoms with Gasteiger partial charge in [-0.1, -0.05) is 12.1 Å². The molecule has 4 N–H and O–H groups in total. The van der Waals surface area contributed by atoms with Crippen molar-refractivity contribution in [1.29, 1.82) is 0 Å². The molecule has 0 radical (unpaired) electrons. The van der Waals surface area contributed by atoms with Crippen LogP contribution in [0.2, 0.25) is 0 Å². The van der Waals surface area contributed by atoms with Gasteiger partial charge in [0.1, 0.15) is 6.04 Å². The molecule has 3 aromatic carbocycles. The molecule has 1 heterocycles. The molecule has 12 nitrogen and oxygen atoms in total. The van der Waals surface area contributed by atoms with Crippen LogP contribution in [0.5, 0.6) is 11.5 Å². The van der Waals surface area contributed by atoms with E-state index in [-0.39, 0.29) is 22.4 Å². The van der Waals surface area contributed by atoms with Crippen LogP contribution in [0.3, 0.4) is 0 Å². The summed E-state index contributed by atoms with van der Waals surface area (Å²) in [7, 11) is 2.46. The van der Waals surface area contributed by atoms with Crippen molar-refractivity contribution in [3.05, 3.63) is 77.4 Å². The minimum Gasteiger partial charge on any atom is -0.493 e. The number of sulfone groups is 1. The normalized spacial score (nSPS) is 15.3. The predicted molar refractivity (Wildman–Crippen MR) is 176 cm³/mol. The highest BCUT2D eigenvalue weighted by Crippen LogP contribution is 2.41. The molecule has 1 saturated heterocycles. The number of carbonyl (C=O) groups is 3. The van der Waals surface area contributed by atoms with Crippen molar-refractivity contribution in [3.63, 3.8) is 0 Å². The van der Waals surface area contributed by atoms with Crippen molar-refractivity contribution < 1.29 is 32.3 Å². The van der Waals surface area contributed by atoms with Gasteiger partial charge < -0.3 is 35.6 Å². The van der Waals surface area contributed by atoms with E-state index >= 15 is 0 Å². The molecule has 1 fully saturated rings. The highest BCUT2D eigenvalue weighted by molar-refractivity contribution is 7.92. The summed E-state index contributed by atoms with van der Waals surface area (Å²) < 4.78 is 38.1. The Balaban J connectivity index is 1.82. The third-order valence-corrected chi connectivity index (χ3v) is 10.2. The third kappa shape index (κ3) is 7.20. The van der Waals surface area contributed by atoms with E-state index in [0.29, 0.717) is 53.4 Å². The van der Waals surface area contributed by atoms with Gasteiger partial charge in [0.25, 0.3) is 0 Å². The van der Waals surface area contributed by atoms with Gasteiger partial charge in [-0.25, -0.2) is 13.2 Å². The molecular weight excluding hydrogens is 610 g/mol. The molecule has 0 saturated carbocycles. The summed E-state index contributed by atoms with van der Waals surface area (Å²) in [6.45, 7) is 3.58. The van der Waals surface area contributed by atoms with Crippen LogP contribution in [-0.4, -0.2) is 76.2 Å². The Labute approximate surface area is 269 Å². The van der Waals surface area contributed by atoms with Gasteiger partial charge in [-0.2, -0.15) is 0 Å². The molecule has 13 heteroatoms. The molecule has 4 rings (SSSR count). The Kier molecular flexibility index (Phi) is 10.5. The van der Waals surface area contributed by atoms with Crippen LogP contribution in [0.25, 0.3) is 0 Å². The lowest BCUT2D eigenvalue weighted by molar-refractivity contribution is -0.133. The number of nitrogens with zero attached hydrogens (tertiary/aromatic N) is 2. The van der Waals surface area contributed by atoms with Crippen molar-refractivity contribution in [2.24, 2.45) is 5.73 Å². The molecule has 0 bridgehead atoms. The number of rotatable bonds is 11. The average Bonchev–Trinajstić information content (AvgIpc) is 3.53. The summed E-state index contributed by atoms with van der Waals surface area (Å²) in [5, 5.41) is 5.34. The zero-order valence-electron chi connectivity index (χ0n) is 26.9. The minimum atomic E-state index is -3.76. The standard InChI is InChI=1S/C33H41N5O7S/c1-20(2)46(42,43)29-15-13-24(36-33(41)37(3)4)19-25(29)26-11-8-16-38(26)32(40)30(21-12-14-27(44-5)28(18-21)45-6)35-23-10-7-9-22(17-23)31(34)39/h7,9-10,12-15,17-20,26,30,35H,8,11,16H2,1-6H3,(H2,34,39)(H,36,41)/t26?,30-/m1/s1. The molecule has 246 valence electrons. The maximum absolute atomic E-state index is 14.6. The lowest BCUT2D eigenvalue weighted by Crippen LogP contribution is -2.38. The quantitative estimate of drug-likeness (QED) is 0.271. The van der Waals surface area contributed by atoms with Crippen molar-refractivity contribution in [1.82, 2.24) is 9.80 Å². The van der Waals surface area contributed by atoms with E-state index in [1.54, 1.807) is 87.4 Å². The number of methoxy groups -OCH3 is 2. The van der Waals surface area contributed by atoms with Crippen LogP contribution >= 0.6 is 0 Å². The number of hydrogen-bond acceptors (Lipinski definition) is 8. The summed E-state index contributed by atoms with van der Waals surface area (Å²) >= 11 is 0. The van der Waals surface area contributed by atoms with E-state index in [1.165, 1.54) is 25.2 Å². The Bertz CT molecular complexity index is 1720. The van der Waals surface area contributed by atoms with Crippen molar-refractivity contribution in [3.8, 4) is 11.5 Å². The fraction of sp³-hybridized carbons (Fsp3) is 0.364. The molecule has 2 atom stereocenters. The summed E-state index contributed by atoms with van der Waals surface area (Å²) in [5.41, 5.74) is 7.66. The van der Waals surface area contributed by atoms with Crippen LogP contribution in [0.1, 0.15) is 60.3 Å². The maximum atomic E-state index is 14.6. The van der Waals surface area contributed by atoms with Gasteiger partial charge in [-0.15, -0.1) is 0 Å². The van der Waals surface area contributed by atoms with Crippen molar-refractivity contribution in [2.75, 3.05) is 45.5 Å². The lowest BCUT2D eigenvalue weighted by Gasteiger charge is -2.32. The van der Waals surface area contributed by atoms with Crippen LogP contribution in [-0.2, 0) is 14.6 Å². The lowest BCUT2D eigenvalue weighted by atomic mass is 10.0. The number of primary amides is 1. The summed E-state index contributed by atoms with van der Waals surface area (Å²) in [6, 6.07) is 14.4. The van der Waals surface area contributed by atoms with E-state index in [2.05, 4.69) is 10.6 Å². The molecule has 1 unspecified atom stereocenters. The molecule has 1 aliphatic rings. The van der Waals surface area contributed by atoms with Gasteiger partial charge in [0.15, 0.2) is 21.3 Å². The first-order valence-electron chi connectivity index (χ1n) is 14.8. The van der Waals surface area contributed by atoms with Crippen LogP contribution in [0.4, 0.5) is 16.2 Å². The number of nitrogens with two attached hydrogens (primary N) is 1. The summed E-state index contributed by atoms with van der Waals surface area (Å²) in [6.07, 6.45) is 1.13. The molecule has 0 aromatic heterocycles. The first kappa shape index (κ1) is 34.1. The molecule has 0 aliphatic carbocycles. The van der Waals surface area contributed by atoms with E-state index in [4.69, 9.17) is 15.2 Å². The van der Waals surface area contributed by atoms with Crippen molar-refractivity contribution >= 4 is 39.1 Å². The molecule has 1 aliphatic heterocycles. The zero-order valence-corrected chi connectivity index (χ0v) is 27.7. The molecule has 3 aromatic rings. The van der Waals surface area contributed by atoms with Gasteiger partial charge in [-0.05, 0) is 86.3 Å². The average molecular weight is 652 g/mol. The first-order chi connectivity index (χ1) is 21.8. The van der Waals surface area contributed by atoms with E-state index in [0.717, 1.165) is 0 Å². The van der Waals surface area contributed by atoms with Crippen LogP contribution in [0.15, 0.2) is 65.6 Å². The summed E-state index contributed by atoms with van der Waals surface area (Å²) in [4.78, 5) is 42.2. The molecule has 0 spiro atoms.